The molecule has 1 aliphatic carbocycles. The van der Waals surface area contributed by atoms with Crippen molar-refractivity contribution >= 4 is 120 Å². The van der Waals surface area contributed by atoms with E-state index in [1.807, 2.05) is 47.7 Å². The molecule has 5 heteroatoms. The fraction of sp³-hybridized carbons (Fsp3) is 0.0400. The first-order chi connectivity index (χ1) is 39.3. The number of thiophene rings is 1. The minimum Gasteiger partial charge on any atom is -0.312 e. The van der Waals surface area contributed by atoms with Crippen LogP contribution in [0.4, 0.5) is 45.5 Å². The fourth-order valence-electron chi connectivity index (χ4n) is 12.8. The second-order valence-electron chi connectivity index (χ2n) is 21.4. The Morgan fingerprint density at radius 2 is 0.875 bits per heavy atom. The van der Waals surface area contributed by atoms with Crippen LogP contribution in [0.15, 0.2) is 255 Å². The van der Waals surface area contributed by atoms with Crippen LogP contribution in [0.5, 0.6) is 0 Å². The molecule has 374 valence electrons. The molecule has 80 heavy (non-hydrogen) atoms. The summed E-state index contributed by atoms with van der Waals surface area (Å²) < 4.78 is 2.52. The van der Waals surface area contributed by atoms with Crippen molar-refractivity contribution in [2.75, 3.05) is 9.80 Å². The lowest BCUT2D eigenvalue weighted by Crippen LogP contribution is -2.16. The molecule has 0 fully saturated rings. The van der Waals surface area contributed by atoms with Crippen molar-refractivity contribution in [3.63, 3.8) is 0 Å². The van der Waals surface area contributed by atoms with E-state index in [0.717, 1.165) is 61.8 Å². The topological polar surface area (TPSA) is 15.2 Å². The molecular weight excluding hydrogens is 989 g/mol. The van der Waals surface area contributed by atoms with Crippen LogP contribution in [-0.4, -0.2) is 0 Å². The van der Waals surface area contributed by atoms with E-state index in [-0.39, 0.29) is 5.41 Å². The Kier molecular flexibility index (Phi) is 10.8. The van der Waals surface area contributed by atoms with Crippen LogP contribution in [0.1, 0.15) is 25.0 Å². The van der Waals surface area contributed by atoms with E-state index >= 15 is 0 Å². The van der Waals surface area contributed by atoms with Crippen molar-refractivity contribution in [1.29, 1.82) is 0 Å². The number of nitrogens with zero attached hydrogens (tertiary/aromatic N) is 4. The van der Waals surface area contributed by atoms with Crippen molar-refractivity contribution in [1.82, 2.24) is 0 Å². The third-order valence-corrected chi connectivity index (χ3v) is 17.8. The number of fused-ring (bicyclic) bond motifs is 14. The molecule has 15 rings (SSSR count). The zero-order valence-corrected chi connectivity index (χ0v) is 44.8. The van der Waals surface area contributed by atoms with Crippen LogP contribution in [0.3, 0.4) is 0 Å². The molecule has 1 heterocycles. The van der Waals surface area contributed by atoms with Gasteiger partial charge >= 0.3 is 0 Å². The summed E-state index contributed by atoms with van der Waals surface area (Å²) >= 11 is 1.91. The zero-order chi connectivity index (χ0) is 53.6. The van der Waals surface area contributed by atoms with Gasteiger partial charge in [-0.15, -0.1) is 11.3 Å². The Morgan fingerprint density at radius 3 is 1.51 bits per heavy atom. The van der Waals surface area contributed by atoms with E-state index in [2.05, 4.69) is 252 Å². The predicted molar refractivity (Wildman–Crippen MR) is 340 cm³/mol. The summed E-state index contributed by atoms with van der Waals surface area (Å²) in [7, 11) is 0. The Hall–Kier alpha value is -10.3. The van der Waals surface area contributed by atoms with Gasteiger partial charge in [0.25, 0.3) is 0 Å². The van der Waals surface area contributed by atoms with E-state index in [0.29, 0.717) is 11.4 Å². The maximum atomic E-state index is 8.19. The van der Waals surface area contributed by atoms with E-state index in [1.54, 1.807) is 0 Å². The van der Waals surface area contributed by atoms with Gasteiger partial charge in [0.1, 0.15) is 0 Å². The quantitative estimate of drug-likeness (QED) is 0.111. The number of hydrogen-bond donors (Lipinski definition) is 0. The highest BCUT2D eigenvalue weighted by Crippen LogP contribution is 2.60. The SMILES string of the molecule is [C-]#[N+]c1cccc(N(c2cccc(-c3ccc4ccccc4c3)c2)c2ccc3c(c2)c2ccccc2c2c4cc(N(c5cccc([N+]#[C-])c5)c5cccc(-c6ccc7ccccc7c6)c5)c5c(c4sc32)C(C)(C)c2ccccc2-5)c1. The highest BCUT2D eigenvalue weighted by atomic mass is 32.1. The summed E-state index contributed by atoms with van der Waals surface area (Å²) in [6, 6.07) is 91.4. The Balaban J connectivity index is 0.977. The first-order valence-electron chi connectivity index (χ1n) is 27.0. The third kappa shape index (κ3) is 7.48. The number of anilines is 6. The molecule has 14 aromatic rings. The van der Waals surface area contributed by atoms with Gasteiger partial charge < -0.3 is 9.80 Å². The largest absolute Gasteiger partial charge is 0.312 e. The summed E-state index contributed by atoms with van der Waals surface area (Å²) in [5, 5.41) is 12.0. The monoisotopic (exact) mass is 1040 g/mol. The van der Waals surface area contributed by atoms with Crippen LogP contribution in [-0.2, 0) is 5.41 Å². The highest BCUT2D eigenvalue weighted by molar-refractivity contribution is 7.27. The molecule has 0 bridgehead atoms. The fourth-order valence-corrected chi connectivity index (χ4v) is 14.3. The average Bonchev–Trinajstić information content (AvgIpc) is 3.71. The normalized spacial score (nSPS) is 12.4. The Bertz CT molecular complexity index is 4990. The van der Waals surface area contributed by atoms with Crippen LogP contribution >= 0.6 is 11.3 Å². The minimum atomic E-state index is -0.349. The van der Waals surface area contributed by atoms with Gasteiger partial charge in [-0.3, -0.25) is 0 Å². The molecule has 0 amide bonds. The maximum absolute atomic E-state index is 8.19. The van der Waals surface area contributed by atoms with Crippen LogP contribution < -0.4 is 9.80 Å². The number of benzene rings is 13. The molecule has 0 N–H and O–H groups in total. The van der Waals surface area contributed by atoms with Crippen molar-refractivity contribution in [2.24, 2.45) is 0 Å². The van der Waals surface area contributed by atoms with Crippen molar-refractivity contribution in [3.05, 3.63) is 289 Å². The van der Waals surface area contributed by atoms with E-state index in [9.17, 15) is 0 Å². The van der Waals surface area contributed by atoms with Gasteiger partial charge in [-0.05, 0) is 156 Å². The molecule has 1 aromatic heterocycles. The lowest BCUT2D eigenvalue weighted by molar-refractivity contribution is 0.667. The second-order valence-corrected chi connectivity index (χ2v) is 22.5. The molecule has 0 saturated carbocycles. The molecule has 4 nitrogen and oxygen atoms in total. The van der Waals surface area contributed by atoms with E-state index < -0.39 is 0 Å². The lowest BCUT2D eigenvalue weighted by atomic mass is 9.81. The van der Waals surface area contributed by atoms with Crippen LogP contribution in [0, 0.1) is 13.1 Å². The average molecular weight is 1040 g/mol. The zero-order valence-electron chi connectivity index (χ0n) is 43.9. The third-order valence-electron chi connectivity index (χ3n) is 16.5. The van der Waals surface area contributed by atoms with E-state index in [4.69, 9.17) is 13.1 Å². The predicted octanol–water partition coefficient (Wildman–Crippen LogP) is 22.3. The van der Waals surface area contributed by atoms with E-state index in [1.165, 1.54) is 80.1 Å². The minimum absolute atomic E-state index is 0.349. The van der Waals surface area contributed by atoms with Gasteiger partial charge in [0.05, 0.1) is 18.8 Å². The summed E-state index contributed by atoms with van der Waals surface area (Å²) in [6.07, 6.45) is 0. The lowest BCUT2D eigenvalue weighted by Gasteiger charge is -2.30. The van der Waals surface area contributed by atoms with Gasteiger partial charge in [0.15, 0.2) is 11.4 Å². The van der Waals surface area contributed by atoms with Crippen molar-refractivity contribution in [3.8, 4) is 33.4 Å². The van der Waals surface area contributed by atoms with Crippen LogP contribution in [0.25, 0.3) is 106 Å². The standard InChI is InChI=1S/C75H48N4S/c1-75(2)68-32-12-11-31-65(68)71-69(79(60-28-16-24-56(44-60)77-4)58-26-14-22-52(42-58)54-36-34-48-18-6-8-20-50(48)40-54)46-67-70-63-30-10-9-29-62(63)66-45-61(37-38-64(66)73(70)80-74(67)72(71)75)78(59-27-15-23-55(43-59)76-3)57-25-13-21-51(41-57)53-35-33-47-17-5-7-19-49(47)39-53/h5-46H,1-2H3. The van der Waals surface area contributed by atoms with Crippen LogP contribution in [0.2, 0.25) is 0 Å². The first-order valence-corrected chi connectivity index (χ1v) is 27.8. The Morgan fingerprint density at radius 1 is 0.362 bits per heavy atom. The molecule has 0 atom stereocenters. The Labute approximate surface area is 468 Å². The molecule has 0 spiro atoms. The summed E-state index contributed by atoms with van der Waals surface area (Å²) in [5.74, 6) is 0. The van der Waals surface area contributed by atoms with Gasteiger partial charge in [-0.25, -0.2) is 9.69 Å². The molecule has 0 unspecified atom stereocenters. The summed E-state index contributed by atoms with van der Waals surface area (Å²) in [5.41, 5.74) is 16.3. The first kappa shape index (κ1) is 47.0. The smallest absolute Gasteiger partial charge is 0.189 e. The molecule has 13 aromatic carbocycles. The molecule has 0 radical (unpaired) electrons. The highest BCUT2D eigenvalue weighted by Gasteiger charge is 2.41. The van der Waals surface area contributed by atoms with Crippen molar-refractivity contribution < 1.29 is 0 Å². The number of rotatable bonds is 8. The summed E-state index contributed by atoms with van der Waals surface area (Å²) in [6.45, 7) is 21.0. The molecule has 1 aliphatic rings. The molecular formula is C75H48N4S. The van der Waals surface area contributed by atoms with Crippen molar-refractivity contribution in [2.45, 2.75) is 19.3 Å². The van der Waals surface area contributed by atoms with Gasteiger partial charge in [0.2, 0.25) is 0 Å². The van der Waals surface area contributed by atoms with Gasteiger partial charge in [-0.2, -0.15) is 0 Å². The molecule has 0 saturated heterocycles. The second kappa shape index (κ2) is 18.4. The maximum Gasteiger partial charge on any atom is 0.189 e. The number of hydrogen-bond acceptors (Lipinski definition) is 3. The van der Waals surface area contributed by atoms with Gasteiger partial charge in [-0.1, -0.05) is 190 Å². The summed E-state index contributed by atoms with van der Waals surface area (Å²) in [4.78, 5) is 12.6. The molecule has 0 aliphatic heterocycles. The van der Waals surface area contributed by atoms with Gasteiger partial charge in [0, 0.05) is 65.0 Å².